The van der Waals surface area contributed by atoms with Crippen LogP contribution in [0.1, 0.15) is 38.3 Å². The lowest BCUT2D eigenvalue weighted by atomic mass is 10.1. The summed E-state index contributed by atoms with van der Waals surface area (Å²) in [5.41, 5.74) is 5.23. The molecule has 0 atom stereocenters. The molecule has 0 spiro atoms. The minimum Gasteiger partial charge on any atom is -0.388 e. The molecule has 0 aromatic heterocycles. The number of hydrogen-bond acceptors (Lipinski definition) is 3. The van der Waals surface area contributed by atoms with E-state index in [-0.39, 0.29) is 5.91 Å². The molecule has 0 saturated heterocycles. The first-order chi connectivity index (χ1) is 13.1. The maximum Gasteiger partial charge on any atom is 0.224 e. The van der Waals surface area contributed by atoms with Crippen molar-refractivity contribution in [2.75, 3.05) is 24.2 Å². The summed E-state index contributed by atoms with van der Waals surface area (Å²) in [7, 11) is 1.91. The van der Waals surface area contributed by atoms with Crippen LogP contribution < -0.4 is 16.0 Å². The van der Waals surface area contributed by atoms with E-state index in [0.29, 0.717) is 6.42 Å². The first-order valence-electron chi connectivity index (χ1n) is 9.68. The van der Waals surface area contributed by atoms with Crippen molar-refractivity contribution in [1.82, 2.24) is 5.32 Å². The minimum atomic E-state index is 0.0667. The highest BCUT2D eigenvalue weighted by atomic mass is 16.1. The SMILES string of the molecule is C=C(Cc1ccc(NC)cc1)Nc1ccc(CC(=O)NCCC)cc1.CC. The van der Waals surface area contributed by atoms with Gasteiger partial charge in [-0.15, -0.1) is 0 Å². The Morgan fingerprint density at radius 1 is 0.889 bits per heavy atom. The molecule has 1 amide bonds. The Labute approximate surface area is 164 Å². The average molecular weight is 368 g/mol. The molecule has 0 radical (unpaired) electrons. The van der Waals surface area contributed by atoms with Crippen LogP contribution in [0, 0.1) is 0 Å². The quantitative estimate of drug-likeness (QED) is 0.585. The molecule has 2 rings (SSSR count). The smallest absolute Gasteiger partial charge is 0.224 e. The molecule has 0 heterocycles. The van der Waals surface area contributed by atoms with Gasteiger partial charge in [-0.3, -0.25) is 4.79 Å². The first kappa shape index (κ1) is 22.3. The highest BCUT2D eigenvalue weighted by molar-refractivity contribution is 5.78. The Morgan fingerprint density at radius 2 is 1.41 bits per heavy atom. The highest BCUT2D eigenvalue weighted by Crippen LogP contribution is 2.16. The average Bonchev–Trinajstić information content (AvgIpc) is 2.70. The van der Waals surface area contributed by atoms with Gasteiger partial charge < -0.3 is 16.0 Å². The Morgan fingerprint density at radius 3 is 1.93 bits per heavy atom. The zero-order chi connectivity index (χ0) is 20.1. The summed E-state index contributed by atoms with van der Waals surface area (Å²) < 4.78 is 0. The molecule has 4 nitrogen and oxygen atoms in total. The van der Waals surface area contributed by atoms with Crippen LogP contribution in [0.25, 0.3) is 0 Å². The summed E-state index contributed by atoms with van der Waals surface area (Å²) in [5, 5.41) is 9.32. The lowest BCUT2D eigenvalue weighted by Gasteiger charge is -2.11. The van der Waals surface area contributed by atoms with Gasteiger partial charge in [0, 0.05) is 37.1 Å². The Balaban J connectivity index is 0.00000176. The Kier molecular flexibility index (Phi) is 10.4. The number of benzene rings is 2. The van der Waals surface area contributed by atoms with Crippen molar-refractivity contribution in [3.05, 3.63) is 71.9 Å². The lowest BCUT2D eigenvalue weighted by molar-refractivity contribution is -0.120. The summed E-state index contributed by atoms with van der Waals surface area (Å²) >= 11 is 0. The number of allylic oxidation sites excluding steroid dienone is 1. The molecule has 146 valence electrons. The summed E-state index contributed by atoms with van der Waals surface area (Å²) in [5.74, 6) is 0.0667. The molecule has 4 heteroatoms. The van der Waals surface area contributed by atoms with Gasteiger partial charge in [0.1, 0.15) is 0 Å². The molecular formula is C23H33N3O. The summed E-state index contributed by atoms with van der Waals surface area (Å²) in [4.78, 5) is 11.7. The van der Waals surface area contributed by atoms with E-state index in [1.165, 1.54) is 5.56 Å². The molecule has 2 aromatic rings. The van der Waals surface area contributed by atoms with E-state index in [9.17, 15) is 4.79 Å². The largest absolute Gasteiger partial charge is 0.388 e. The monoisotopic (exact) mass is 367 g/mol. The van der Waals surface area contributed by atoms with E-state index in [4.69, 9.17) is 0 Å². The molecular weight excluding hydrogens is 334 g/mol. The van der Waals surface area contributed by atoms with Crippen molar-refractivity contribution in [2.24, 2.45) is 0 Å². The Hall–Kier alpha value is -2.75. The second-order valence-electron chi connectivity index (χ2n) is 6.08. The van der Waals surface area contributed by atoms with Crippen molar-refractivity contribution in [1.29, 1.82) is 0 Å². The van der Waals surface area contributed by atoms with Crippen molar-refractivity contribution in [3.8, 4) is 0 Å². The van der Waals surface area contributed by atoms with Crippen LogP contribution in [-0.4, -0.2) is 19.5 Å². The van der Waals surface area contributed by atoms with Crippen molar-refractivity contribution in [2.45, 2.75) is 40.0 Å². The number of rotatable bonds is 9. The van der Waals surface area contributed by atoms with Crippen LogP contribution in [0.3, 0.4) is 0 Å². The molecule has 27 heavy (non-hydrogen) atoms. The zero-order valence-electron chi connectivity index (χ0n) is 17.1. The molecule has 2 aromatic carbocycles. The van der Waals surface area contributed by atoms with Crippen LogP contribution >= 0.6 is 0 Å². The normalized spacial score (nSPS) is 9.63. The van der Waals surface area contributed by atoms with Gasteiger partial charge in [-0.1, -0.05) is 51.6 Å². The van der Waals surface area contributed by atoms with Crippen LogP contribution in [0.2, 0.25) is 0 Å². The molecule has 3 N–H and O–H groups in total. The van der Waals surface area contributed by atoms with E-state index in [1.54, 1.807) is 0 Å². The molecule has 0 bridgehead atoms. The van der Waals surface area contributed by atoms with E-state index in [1.807, 2.05) is 52.1 Å². The van der Waals surface area contributed by atoms with Gasteiger partial charge in [0.25, 0.3) is 0 Å². The number of anilines is 2. The van der Waals surface area contributed by atoms with Crippen LogP contribution in [0.4, 0.5) is 11.4 Å². The third-order valence-corrected chi connectivity index (χ3v) is 3.87. The standard InChI is InChI=1S/C21H27N3O.C2H6/c1-4-13-23-21(25)15-18-7-11-20(12-8-18)24-16(2)14-17-5-9-19(22-3)10-6-17;1-2/h5-12,22,24H,2,4,13-15H2,1,3H3,(H,23,25);1-2H3. The van der Waals surface area contributed by atoms with Gasteiger partial charge in [-0.2, -0.15) is 0 Å². The van der Waals surface area contributed by atoms with Crippen LogP contribution in [0.5, 0.6) is 0 Å². The molecule has 0 unspecified atom stereocenters. The topological polar surface area (TPSA) is 53.2 Å². The van der Waals surface area contributed by atoms with E-state index in [0.717, 1.165) is 42.0 Å². The highest BCUT2D eigenvalue weighted by Gasteiger charge is 2.03. The predicted octanol–water partition coefficient (Wildman–Crippen LogP) is 4.99. The van der Waals surface area contributed by atoms with Crippen LogP contribution in [-0.2, 0) is 17.6 Å². The predicted molar refractivity (Wildman–Crippen MR) is 117 cm³/mol. The molecule has 0 saturated carbocycles. The molecule has 0 fully saturated rings. The molecule has 0 aliphatic rings. The number of amides is 1. The van der Waals surface area contributed by atoms with E-state index in [2.05, 4.69) is 46.8 Å². The summed E-state index contributed by atoms with van der Waals surface area (Å²) in [6.45, 7) is 10.9. The van der Waals surface area contributed by atoms with E-state index < -0.39 is 0 Å². The zero-order valence-corrected chi connectivity index (χ0v) is 17.1. The van der Waals surface area contributed by atoms with Gasteiger partial charge in [0.2, 0.25) is 5.91 Å². The van der Waals surface area contributed by atoms with Gasteiger partial charge in [-0.25, -0.2) is 0 Å². The third-order valence-electron chi connectivity index (χ3n) is 3.87. The summed E-state index contributed by atoms with van der Waals surface area (Å²) in [6, 6.07) is 16.2. The number of hydrogen-bond donors (Lipinski definition) is 3. The fourth-order valence-corrected chi connectivity index (χ4v) is 2.50. The second-order valence-corrected chi connectivity index (χ2v) is 6.08. The van der Waals surface area contributed by atoms with Gasteiger partial charge in [0.15, 0.2) is 0 Å². The molecule has 0 aliphatic carbocycles. The first-order valence-corrected chi connectivity index (χ1v) is 9.68. The van der Waals surface area contributed by atoms with Gasteiger partial charge in [-0.05, 0) is 41.8 Å². The van der Waals surface area contributed by atoms with Crippen molar-refractivity contribution >= 4 is 17.3 Å². The Bertz CT molecular complexity index is 691. The number of carbonyl (C=O) groups is 1. The third kappa shape index (κ3) is 8.45. The maximum atomic E-state index is 11.7. The van der Waals surface area contributed by atoms with Gasteiger partial charge >= 0.3 is 0 Å². The lowest BCUT2D eigenvalue weighted by Crippen LogP contribution is -2.25. The molecule has 0 aliphatic heterocycles. The summed E-state index contributed by atoms with van der Waals surface area (Å²) in [6.07, 6.45) is 2.14. The maximum absolute atomic E-state index is 11.7. The minimum absolute atomic E-state index is 0.0667. The fourth-order valence-electron chi connectivity index (χ4n) is 2.50. The number of carbonyl (C=O) groups excluding carboxylic acids is 1. The fraction of sp³-hybridized carbons (Fsp3) is 0.348. The van der Waals surface area contributed by atoms with E-state index >= 15 is 0 Å². The number of nitrogens with one attached hydrogen (secondary N) is 3. The van der Waals surface area contributed by atoms with Crippen molar-refractivity contribution in [3.63, 3.8) is 0 Å². The van der Waals surface area contributed by atoms with Crippen LogP contribution in [0.15, 0.2) is 60.8 Å². The van der Waals surface area contributed by atoms with Gasteiger partial charge in [0.05, 0.1) is 6.42 Å². The second kappa shape index (κ2) is 12.6. The van der Waals surface area contributed by atoms with Crippen molar-refractivity contribution < 1.29 is 4.79 Å².